The van der Waals surface area contributed by atoms with E-state index >= 15 is 0 Å². The Balaban J connectivity index is 2.85. The van der Waals surface area contributed by atoms with Crippen LogP contribution in [0.25, 0.3) is 0 Å². The van der Waals surface area contributed by atoms with Crippen molar-refractivity contribution in [2.24, 2.45) is 5.92 Å². The van der Waals surface area contributed by atoms with E-state index in [0.717, 1.165) is 0 Å². The molecule has 0 aliphatic rings. The number of rotatable bonds is 11. The van der Waals surface area contributed by atoms with Gasteiger partial charge in [-0.3, -0.25) is 9.36 Å². The molecule has 0 aromatic heterocycles. The van der Waals surface area contributed by atoms with Gasteiger partial charge >= 0.3 is 13.6 Å². The van der Waals surface area contributed by atoms with Gasteiger partial charge in [-0.15, -0.1) is 0 Å². The summed E-state index contributed by atoms with van der Waals surface area (Å²) in [6, 6.07) is 7.01. The number of nitrogens with one attached hydrogen (secondary N) is 1. The number of carbonyl (C=O) groups is 2. The first-order valence-electron chi connectivity index (χ1n) is 8.64. The third-order valence-electron chi connectivity index (χ3n) is 3.78. The van der Waals surface area contributed by atoms with Crippen LogP contribution < -0.4 is 5.32 Å². The number of hydrogen-bond donors (Lipinski definition) is 2. The van der Waals surface area contributed by atoms with E-state index in [1.165, 1.54) is 12.1 Å². The summed E-state index contributed by atoms with van der Waals surface area (Å²) >= 11 is 0. The predicted octanol–water partition coefficient (Wildman–Crippen LogP) is 3.19. The first kappa shape index (κ1) is 22.8. The number of nitrogens with zero attached hydrogens (tertiary/aromatic N) is 1. The summed E-state index contributed by atoms with van der Waals surface area (Å²) < 4.78 is 23.0. The molecule has 1 aromatic rings. The van der Waals surface area contributed by atoms with E-state index in [1.54, 1.807) is 32.9 Å². The molecule has 0 saturated carbocycles. The highest BCUT2D eigenvalue weighted by Crippen LogP contribution is 2.51. The zero-order valence-electron chi connectivity index (χ0n) is 15.7. The maximum absolute atomic E-state index is 12.5. The van der Waals surface area contributed by atoms with Crippen LogP contribution >= 0.6 is 7.60 Å². The van der Waals surface area contributed by atoms with E-state index in [-0.39, 0.29) is 31.4 Å². The minimum Gasteiger partial charge on any atom is -0.480 e. The lowest BCUT2D eigenvalue weighted by Gasteiger charge is -2.19. The van der Waals surface area contributed by atoms with Crippen LogP contribution in [0.4, 0.5) is 0 Å². The Kier molecular flexibility index (Phi) is 9.16. The number of carboxylic acids is 1. The van der Waals surface area contributed by atoms with E-state index in [4.69, 9.17) is 14.3 Å². The van der Waals surface area contributed by atoms with Gasteiger partial charge in [0.15, 0.2) is 0 Å². The first-order chi connectivity index (χ1) is 12.8. The molecule has 0 unspecified atom stereocenters. The molecule has 0 spiro atoms. The number of nitriles is 1. The number of benzene rings is 1. The summed E-state index contributed by atoms with van der Waals surface area (Å²) in [4.78, 5) is 23.6. The van der Waals surface area contributed by atoms with Gasteiger partial charge in [-0.25, -0.2) is 4.79 Å². The van der Waals surface area contributed by atoms with Gasteiger partial charge < -0.3 is 19.5 Å². The number of aliphatic carboxylic acids is 1. The van der Waals surface area contributed by atoms with Crippen LogP contribution in [0, 0.1) is 17.2 Å². The fourth-order valence-corrected chi connectivity index (χ4v) is 4.14. The summed E-state index contributed by atoms with van der Waals surface area (Å²) in [6.07, 6.45) is 0.0911. The van der Waals surface area contributed by atoms with Gasteiger partial charge in [0.05, 0.1) is 25.4 Å². The highest BCUT2D eigenvalue weighted by Gasteiger charge is 2.27. The second-order valence-corrected chi connectivity index (χ2v) is 7.98. The molecular weight excluding hydrogens is 371 g/mol. The molecular formula is C18H25N2O6P. The Labute approximate surface area is 159 Å². The number of carboxylic acid groups (broad SMARTS) is 1. The van der Waals surface area contributed by atoms with Crippen LogP contribution in [0.5, 0.6) is 0 Å². The molecule has 27 heavy (non-hydrogen) atoms. The lowest BCUT2D eigenvalue weighted by molar-refractivity contribution is -0.140. The third kappa shape index (κ3) is 7.14. The molecule has 2 atom stereocenters. The van der Waals surface area contributed by atoms with Crippen molar-refractivity contribution in [3.05, 3.63) is 35.4 Å². The minimum atomic E-state index is -3.25. The average molecular weight is 396 g/mol. The molecule has 0 saturated heterocycles. The topological polar surface area (TPSA) is 126 Å². The van der Waals surface area contributed by atoms with E-state index in [0.29, 0.717) is 5.56 Å². The van der Waals surface area contributed by atoms with E-state index in [1.807, 2.05) is 6.07 Å². The van der Waals surface area contributed by atoms with E-state index < -0.39 is 31.4 Å². The molecule has 0 radical (unpaired) electrons. The van der Waals surface area contributed by atoms with Gasteiger partial charge in [0.25, 0.3) is 5.91 Å². The fourth-order valence-electron chi connectivity index (χ4n) is 2.44. The minimum absolute atomic E-state index is 0.0142. The molecule has 1 aromatic carbocycles. The Morgan fingerprint density at radius 1 is 1.22 bits per heavy atom. The molecule has 1 amide bonds. The van der Waals surface area contributed by atoms with Gasteiger partial charge in [0.2, 0.25) is 0 Å². The molecule has 0 heterocycles. The summed E-state index contributed by atoms with van der Waals surface area (Å²) in [5, 5.41) is 20.4. The van der Waals surface area contributed by atoms with Gasteiger partial charge in [-0.05, 0) is 31.5 Å². The van der Waals surface area contributed by atoms with Crippen LogP contribution in [-0.4, -0.2) is 36.2 Å². The lowest BCUT2D eigenvalue weighted by atomic mass is 9.98. The normalized spacial score (nSPS) is 13.4. The largest absolute Gasteiger partial charge is 0.480 e. The van der Waals surface area contributed by atoms with Crippen molar-refractivity contribution in [3.63, 3.8) is 0 Å². The van der Waals surface area contributed by atoms with Crippen molar-refractivity contribution in [2.45, 2.75) is 39.4 Å². The number of carbonyl (C=O) groups excluding carboxylic acids is 1. The first-order valence-corrected chi connectivity index (χ1v) is 10.4. The quantitative estimate of drug-likeness (QED) is 0.550. The van der Waals surface area contributed by atoms with E-state index in [2.05, 4.69) is 5.32 Å². The SMILES string of the molecule is CCOP(=O)(Cc1ccc(C(=O)N[C@@H](C(=O)O)[C@@H](C)CC#N)cc1)OCC. The lowest BCUT2D eigenvalue weighted by Crippen LogP contribution is -2.45. The monoisotopic (exact) mass is 396 g/mol. The molecule has 0 aliphatic carbocycles. The Hall–Kier alpha value is -2.20. The van der Waals surface area contributed by atoms with Gasteiger partial charge in [-0.1, -0.05) is 19.1 Å². The molecule has 2 N–H and O–H groups in total. The molecule has 8 nitrogen and oxygen atoms in total. The molecule has 9 heteroatoms. The average Bonchev–Trinajstić information content (AvgIpc) is 2.60. The summed E-state index contributed by atoms with van der Waals surface area (Å²) in [5.74, 6) is -2.28. The number of amides is 1. The molecule has 0 bridgehead atoms. The highest BCUT2D eigenvalue weighted by atomic mass is 31.2. The Morgan fingerprint density at radius 2 is 1.78 bits per heavy atom. The smallest absolute Gasteiger partial charge is 0.335 e. The zero-order chi connectivity index (χ0) is 20.4. The maximum Gasteiger partial charge on any atom is 0.335 e. The summed E-state index contributed by atoms with van der Waals surface area (Å²) in [5.41, 5.74) is 0.932. The maximum atomic E-state index is 12.5. The predicted molar refractivity (Wildman–Crippen MR) is 99.3 cm³/mol. The van der Waals surface area contributed by atoms with Crippen LogP contribution in [0.1, 0.15) is 43.1 Å². The van der Waals surface area contributed by atoms with Crippen molar-refractivity contribution in [2.75, 3.05) is 13.2 Å². The summed E-state index contributed by atoms with van der Waals surface area (Å²) in [7, 11) is -3.25. The molecule has 0 fully saturated rings. The van der Waals surface area contributed by atoms with Crippen molar-refractivity contribution in [1.29, 1.82) is 5.26 Å². The van der Waals surface area contributed by atoms with Crippen LogP contribution in [-0.2, 0) is 24.6 Å². The van der Waals surface area contributed by atoms with Gasteiger partial charge in [0.1, 0.15) is 6.04 Å². The Morgan fingerprint density at radius 3 is 2.22 bits per heavy atom. The number of hydrogen-bond acceptors (Lipinski definition) is 6. The van der Waals surface area contributed by atoms with Crippen molar-refractivity contribution in [3.8, 4) is 6.07 Å². The third-order valence-corrected chi connectivity index (χ3v) is 5.83. The van der Waals surface area contributed by atoms with Crippen LogP contribution in [0.2, 0.25) is 0 Å². The Bertz CT molecular complexity index is 718. The highest BCUT2D eigenvalue weighted by molar-refractivity contribution is 7.53. The van der Waals surface area contributed by atoms with Crippen molar-refractivity contribution < 1.29 is 28.3 Å². The fraction of sp³-hybridized carbons (Fsp3) is 0.500. The van der Waals surface area contributed by atoms with Gasteiger partial charge in [0, 0.05) is 17.9 Å². The second-order valence-electron chi connectivity index (χ2n) is 5.93. The molecule has 148 valence electrons. The van der Waals surface area contributed by atoms with Crippen LogP contribution in [0.3, 0.4) is 0 Å². The molecule has 0 aliphatic heterocycles. The second kappa shape index (κ2) is 10.8. The van der Waals surface area contributed by atoms with Gasteiger partial charge in [-0.2, -0.15) is 5.26 Å². The zero-order valence-corrected chi connectivity index (χ0v) is 16.6. The molecule has 1 rings (SSSR count). The standard InChI is InChI=1S/C18H25N2O6P/c1-4-25-27(24,26-5-2)12-14-6-8-15(9-7-14)17(21)20-16(18(22)23)13(3)10-11-19/h6-9,13,16H,4-5,10,12H2,1-3H3,(H,20,21)(H,22,23)/t13-,16+/m0/s1. The summed E-state index contributed by atoms with van der Waals surface area (Å²) in [6.45, 7) is 5.56. The van der Waals surface area contributed by atoms with Crippen molar-refractivity contribution >= 4 is 19.5 Å². The van der Waals surface area contributed by atoms with Crippen molar-refractivity contribution in [1.82, 2.24) is 5.32 Å². The van der Waals surface area contributed by atoms with Crippen LogP contribution in [0.15, 0.2) is 24.3 Å². The van der Waals surface area contributed by atoms with E-state index in [9.17, 15) is 19.3 Å².